The Morgan fingerprint density at radius 3 is 2.47 bits per heavy atom. The molecule has 2 rings (SSSR count). The number of hydrogen-bond acceptors (Lipinski definition) is 2. The topological polar surface area (TPSA) is 40.5 Å². The van der Waals surface area contributed by atoms with Gasteiger partial charge in [0.15, 0.2) is 0 Å². The van der Waals surface area contributed by atoms with Crippen molar-refractivity contribution in [2.24, 2.45) is 0 Å². The van der Waals surface area contributed by atoms with Gasteiger partial charge < -0.3 is 10.0 Å². The molecule has 1 aromatic carbocycles. The highest BCUT2D eigenvalue weighted by molar-refractivity contribution is 5.76. The summed E-state index contributed by atoms with van der Waals surface area (Å²) in [6.45, 7) is 3.85. The van der Waals surface area contributed by atoms with Crippen LogP contribution in [0.5, 0.6) is 5.75 Å². The molecule has 0 radical (unpaired) electrons. The first-order chi connectivity index (χ1) is 9.20. The quantitative estimate of drug-likeness (QED) is 0.903. The zero-order valence-corrected chi connectivity index (χ0v) is 11.6. The summed E-state index contributed by atoms with van der Waals surface area (Å²) in [5, 5.41) is 9.30. The van der Waals surface area contributed by atoms with Crippen LogP contribution in [0.2, 0.25) is 0 Å². The third-order valence-corrected chi connectivity index (χ3v) is 3.96. The first-order valence-electron chi connectivity index (χ1n) is 7.27. The number of carbonyl (C=O) groups excluding carboxylic acids is 1. The summed E-state index contributed by atoms with van der Waals surface area (Å²) in [5.41, 5.74) is 1.28. The molecule has 1 aliphatic rings. The number of aromatic hydroxyl groups is 1. The number of hydrogen-bond donors (Lipinski definition) is 1. The normalized spacial score (nSPS) is 16.6. The molecular formula is C16H23NO2. The van der Waals surface area contributed by atoms with E-state index < -0.39 is 0 Å². The zero-order valence-electron chi connectivity index (χ0n) is 11.6. The Morgan fingerprint density at radius 2 is 1.89 bits per heavy atom. The molecule has 0 saturated carbocycles. The van der Waals surface area contributed by atoms with Crippen LogP contribution in [0.15, 0.2) is 24.3 Å². The molecule has 0 aliphatic carbocycles. The standard InChI is InChI=1S/C16H23NO2/c1-2-3-4-16(19)17-11-9-14(10-12-17)13-5-7-15(18)8-6-13/h5-8,14,18H,2-4,9-12H2,1H3. The Bertz CT molecular complexity index is 405. The highest BCUT2D eigenvalue weighted by Crippen LogP contribution is 2.29. The van der Waals surface area contributed by atoms with Crippen molar-refractivity contribution >= 4 is 5.91 Å². The maximum atomic E-state index is 11.9. The minimum Gasteiger partial charge on any atom is -0.508 e. The van der Waals surface area contributed by atoms with Gasteiger partial charge in [-0.1, -0.05) is 25.5 Å². The Balaban J connectivity index is 1.85. The molecule has 1 aliphatic heterocycles. The maximum Gasteiger partial charge on any atom is 0.222 e. The van der Waals surface area contributed by atoms with Crippen molar-refractivity contribution in [3.63, 3.8) is 0 Å². The number of nitrogens with zero attached hydrogens (tertiary/aromatic N) is 1. The van der Waals surface area contributed by atoms with Crippen molar-refractivity contribution in [3.8, 4) is 5.75 Å². The van der Waals surface area contributed by atoms with Gasteiger partial charge in [0.1, 0.15) is 5.75 Å². The molecule has 3 nitrogen and oxygen atoms in total. The predicted molar refractivity (Wildman–Crippen MR) is 76.2 cm³/mol. The van der Waals surface area contributed by atoms with E-state index in [2.05, 4.69) is 6.92 Å². The van der Waals surface area contributed by atoms with Gasteiger partial charge in [0, 0.05) is 19.5 Å². The molecule has 0 unspecified atom stereocenters. The lowest BCUT2D eigenvalue weighted by molar-refractivity contribution is -0.132. The molecule has 0 aromatic heterocycles. The van der Waals surface area contributed by atoms with Gasteiger partial charge in [-0.25, -0.2) is 0 Å². The third-order valence-electron chi connectivity index (χ3n) is 3.96. The summed E-state index contributed by atoms with van der Waals surface area (Å²) in [6.07, 6.45) is 4.83. The number of unbranched alkanes of at least 4 members (excludes halogenated alkanes) is 1. The fourth-order valence-electron chi connectivity index (χ4n) is 2.69. The predicted octanol–water partition coefficient (Wildman–Crippen LogP) is 3.29. The Kier molecular flexibility index (Phi) is 4.83. The van der Waals surface area contributed by atoms with Gasteiger partial charge in [-0.05, 0) is 42.9 Å². The highest BCUT2D eigenvalue weighted by Gasteiger charge is 2.23. The molecule has 0 spiro atoms. The van der Waals surface area contributed by atoms with Gasteiger partial charge in [0.25, 0.3) is 0 Å². The van der Waals surface area contributed by atoms with E-state index in [1.807, 2.05) is 17.0 Å². The SMILES string of the molecule is CCCCC(=O)N1CCC(c2ccc(O)cc2)CC1. The Labute approximate surface area is 115 Å². The molecule has 0 bridgehead atoms. The summed E-state index contributed by atoms with van der Waals surface area (Å²) in [6, 6.07) is 7.48. The number of rotatable bonds is 4. The summed E-state index contributed by atoms with van der Waals surface area (Å²) in [7, 11) is 0. The monoisotopic (exact) mass is 261 g/mol. The fourth-order valence-corrected chi connectivity index (χ4v) is 2.69. The minimum absolute atomic E-state index is 0.311. The lowest BCUT2D eigenvalue weighted by Crippen LogP contribution is -2.37. The molecule has 1 saturated heterocycles. The van der Waals surface area contributed by atoms with Crippen LogP contribution in [-0.4, -0.2) is 29.0 Å². The van der Waals surface area contributed by atoms with Crippen LogP contribution >= 0.6 is 0 Å². The number of benzene rings is 1. The van der Waals surface area contributed by atoms with E-state index in [-0.39, 0.29) is 0 Å². The Morgan fingerprint density at radius 1 is 1.26 bits per heavy atom. The van der Waals surface area contributed by atoms with E-state index in [0.717, 1.165) is 38.8 Å². The van der Waals surface area contributed by atoms with Gasteiger partial charge in [0.2, 0.25) is 5.91 Å². The van der Waals surface area contributed by atoms with E-state index in [1.54, 1.807) is 12.1 Å². The van der Waals surface area contributed by atoms with E-state index in [9.17, 15) is 9.90 Å². The summed E-state index contributed by atoms with van der Waals surface area (Å²) < 4.78 is 0. The molecule has 1 heterocycles. The maximum absolute atomic E-state index is 11.9. The average molecular weight is 261 g/mol. The van der Waals surface area contributed by atoms with Crippen LogP contribution in [0.1, 0.15) is 50.5 Å². The van der Waals surface area contributed by atoms with Crippen molar-refractivity contribution in [1.82, 2.24) is 4.90 Å². The molecule has 1 N–H and O–H groups in total. The lowest BCUT2D eigenvalue weighted by Gasteiger charge is -2.32. The van der Waals surface area contributed by atoms with E-state index in [1.165, 1.54) is 5.56 Å². The van der Waals surface area contributed by atoms with Gasteiger partial charge >= 0.3 is 0 Å². The summed E-state index contributed by atoms with van der Waals surface area (Å²) >= 11 is 0. The zero-order chi connectivity index (χ0) is 13.7. The summed E-state index contributed by atoms with van der Waals surface area (Å²) in [4.78, 5) is 13.9. The number of likely N-dealkylation sites (tertiary alicyclic amines) is 1. The highest BCUT2D eigenvalue weighted by atomic mass is 16.3. The van der Waals surface area contributed by atoms with Crippen molar-refractivity contribution in [2.75, 3.05) is 13.1 Å². The second-order valence-electron chi connectivity index (χ2n) is 5.35. The molecule has 104 valence electrons. The van der Waals surface area contributed by atoms with Gasteiger partial charge in [0.05, 0.1) is 0 Å². The molecule has 1 fully saturated rings. The van der Waals surface area contributed by atoms with Crippen LogP contribution < -0.4 is 0 Å². The van der Waals surface area contributed by atoms with Crippen molar-refractivity contribution in [2.45, 2.75) is 44.9 Å². The van der Waals surface area contributed by atoms with Crippen molar-refractivity contribution in [1.29, 1.82) is 0 Å². The summed E-state index contributed by atoms with van der Waals surface area (Å²) in [5.74, 6) is 1.15. The van der Waals surface area contributed by atoms with Crippen LogP contribution in [0.4, 0.5) is 0 Å². The molecule has 1 amide bonds. The van der Waals surface area contributed by atoms with Crippen LogP contribution in [-0.2, 0) is 4.79 Å². The van der Waals surface area contributed by atoms with Crippen LogP contribution in [0.3, 0.4) is 0 Å². The van der Waals surface area contributed by atoms with Crippen molar-refractivity contribution < 1.29 is 9.90 Å². The third kappa shape index (κ3) is 3.72. The number of phenolic OH excluding ortho intramolecular Hbond substituents is 1. The average Bonchev–Trinajstić information content (AvgIpc) is 2.46. The van der Waals surface area contributed by atoms with E-state index in [4.69, 9.17) is 0 Å². The fraction of sp³-hybridized carbons (Fsp3) is 0.562. The largest absolute Gasteiger partial charge is 0.508 e. The molecule has 19 heavy (non-hydrogen) atoms. The van der Waals surface area contributed by atoms with Gasteiger partial charge in [-0.2, -0.15) is 0 Å². The second-order valence-corrected chi connectivity index (χ2v) is 5.35. The van der Waals surface area contributed by atoms with Gasteiger partial charge in [-0.3, -0.25) is 4.79 Å². The van der Waals surface area contributed by atoms with Crippen molar-refractivity contribution in [3.05, 3.63) is 29.8 Å². The molecule has 3 heteroatoms. The second kappa shape index (κ2) is 6.60. The lowest BCUT2D eigenvalue weighted by atomic mass is 9.89. The van der Waals surface area contributed by atoms with E-state index in [0.29, 0.717) is 24.0 Å². The number of piperidine rings is 1. The Hall–Kier alpha value is -1.51. The molecule has 0 atom stereocenters. The van der Waals surface area contributed by atoms with Crippen LogP contribution in [0, 0.1) is 0 Å². The number of phenols is 1. The molecule has 1 aromatic rings. The van der Waals surface area contributed by atoms with Crippen LogP contribution in [0.25, 0.3) is 0 Å². The smallest absolute Gasteiger partial charge is 0.222 e. The molecular weight excluding hydrogens is 238 g/mol. The van der Waals surface area contributed by atoms with E-state index >= 15 is 0 Å². The first kappa shape index (κ1) is 13.9. The minimum atomic E-state index is 0.311. The van der Waals surface area contributed by atoms with Gasteiger partial charge in [-0.15, -0.1) is 0 Å². The number of carbonyl (C=O) groups is 1. The number of amides is 1. The first-order valence-corrected chi connectivity index (χ1v) is 7.27.